The molecule has 1 aliphatic heterocycles. The van der Waals surface area contributed by atoms with E-state index in [-0.39, 0.29) is 5.56 Å². The highest BCUT2D eigenvalue weighted by Gasteiger charge is 2.16. The number of pyridine rings is 1. The van der Waals surface area contributed by atoms with Crippen molar-refractivity contribution in [3.8, 4) is 22.3 Å². The van der Waals surface area contributed by atoms with E-state index in [1.165, 1.54) is 11.1 Å². The number of hydrogen-bond acceptors (Lipinski definition) is 6. The minimum atomic E-state index is -0.134. The summed E-state index contributed by atoms with van der Waals surface area (Å²) in [6.45, 7) is 9.14. The Bertz CT molecular complexity index is 1780. The van der Waals surface area contributed by atoms with Gasteiger partial charge in [-0.1, -0.05) is 60.1 Å². The summed E-state index contributed by atoms with van der Waals surface area (Å²) in [4.78, 5) is 25.4. The number of anilines is 2. The molecule has 0 saturated carbocycles. The van der Waals surface area contributed by atoms with Gasteiger partial charge in [0, 0.05) is 59.6 Å². The fourth-order valence-electron chi connectivity index (χ4n) is 5.50. The number of aryl methyl sites for hydroxylation is 2. The zero-order chi connectivity index (χ0) is 29.1. The second-order valence-corrected chi connectivity index (χ2v) is 11.0. The van der Waals surface area contributed by atoms with Crippen molar-refractivity contribution in [3.63, 3.8) is 0 Å². The number of aromatic nitrogens is 3. The average molecular weight is 580 g/mol. The first-order valence-corrected chi connectivity index (χ1v) is 14.8. The minimum Gasteiger partial charge on any atom is -0.379 e. The van der Waals surface area contributed by atoms with Gasteiger partial charge in [-0.15, -0.1) is 0 Å². The summed E-state index contributed by atoms with van der Waals surface area (Å²) in [5, 5.41) is 4.60. The lowest BCUT2D eigenvalue weighted by Crippen LogP contribution is -2.37. The Hall–Kier alpha value is -4.04. The molecule has 6 rings (SSSR count). The van der Waals surface area contributed by atoms with E-state index in [1.807, 2.05) is 55.5 Å². The molecular weight excluding hydrogens is 546 g/mol. The molecule has 0 radical (unpaired) electrons. The smallest absolute Gasteiger partial charge is 0.260 e. The van der Waals surface area contributed by atoms with E-state index < -0.39 is 0 Å². The standard InChI is InChI=1S/C34H34ClN5O2/c1-3-40-32-26(20-30(33(40)41)29-13-10-25(21-31(29)35)28-7-5-4-6-23(28)2)22-36-34(38-32)37-27-11-8-24(9-12-27)14-15-39-16-18-42-19-17-39/h4-13,20-22H,3,14-19H2,1-2H3,(H,36,37,38). The van der Waals surface area contributed by atoms with Crippen LogP contribution in [-0.2, 0) is 17.7 Å². The van der Waals surface area contributed by atoms with Gasteiger partial charge in [0.2, 0.25) is 5.95 Å². The molecule has 1 fully saturated rings. The second kappa shape index (κ2) is 12.4. The van der Waals surface area contributed by atoms with Crippen molar-refractivity contribution in [2.45, 2.75) is 26.8 Å². The largest absolute Gasteiger partial charge is 0.379 e. The van der Waals surface area contributed by atoms with Gasteiger partial charge in [0.05, 0.1) is 13.2 Å². The molecule has 0 spiro atoms. The maximum absolute atomic E-state index is 13.7. The number of rotatable bonds is 8. The van der Waals surface area contributed by atoms with Crippen LogP contribution < -0.4 is 10.9 Å². The van der Waals surface area contributed by atoms with Gasteiger partial charge in [-0.2, -0.15) is 4.98 Å². The van der Waals surface area contributed by atoms with Crippen molar-refractivity contribution in [1.82, 2.24) is 19.4 Å². The molecule has 1 aliphatic rings. The predicted molar refractivity (Wildman–Crippen MR) is 171 cm³/mol. The van der Waals surface area contributed by atoms with Crippen LogP contribution in [-0.4, -0.2) is 52.3 Å². The molecule has 0 amide bonds. The number of morpholine rings is 1. The van der Waals surface area contributed by atoms with Gasteiger partial charge < -0.3 is 10.1 Å². The summed E-state index contributed by atoms with van der Waals surface area (Å²) < 4.78 is 7.12. The quantitative estimate of drug-likeness (QED) is 0.220. The molecule has 8 heteroatoms. The third-order valence-corrected chi connectivity index (χ3v) is 8.20. The first-order chi connectivity index (χ1) is 20.5. The Morgan fingerprint density at radius 1 is 0.952 bits per heavy atom. The molecular formula is C34H34ClN5O2. The number of halogens is 1. The molecule has 5 aromatic rings. The molecule has 42 heavy (non-hydrogen) atoms. The van der Waals surface area contributed by atoms with Gasteiger partial charge in [0.1, 0.15) is 5.65 Å². The number of fused-ring (bicyclic) bond motifs is 1. The number of benzene rings is 3. The number of nitrogens with zero attached hydrogens (tertiary/aromatic N) is 4. The van der Waals surface area contributed by atoms with Crippen molar-refractivity contribution in [2.24, 2.45) is 0 Å². The van der Waals surface area contributed by atoms with Crippen LogP contribution in [0.3, 0.4) is 0 Å². The van der Waals surface area contributed by atoms with Crippen LogP contribution in [0.5, 0.6) is 0 Å². The molecule has 3 heterocycles. The number of ether oxygens (including phenoxy) is 1. The summed E-state index contributed by atoms with van der Waals surface area (Å²) >= 11 is 6.77. The van der Waals surface area contributed by atoms with Gasteiger partial charge in [-0.05, 0) is 66.8 Å². The highest BCUT2D eigenvalue weighted by atomic mass is 35.5. The monoisotopic (exact) mass is 579 g/mol. The molecule has 7 nitrogen and oxygen atoms in total. The van der Waals surface area contributed by atoms with E-state index in [9.17, 15) is 4.79 Å². The summed E-state index contributed by atoms with van der Waals surface area (Å²) in [5.74, 6) is 0.443. The van der Waals surface area contributed by atoms with Crippen LogP contribution in [0, 0.1) is 6.92 Å². The van der Waals surface area contributed by atoms with Crippen molar-refractivity contribution >= 4 is 34.3 Å². The van der Waals surface area contributed by atoms with Crippen LogP contribution in [0.1, 0.15) is 18.1 Å². The van der Waals surface area contributed by atoms with E-state index >= 15 is 0 Å². The third kappa shape index (κ3) is 5.95. The Labute approximate surface area is 250 Å². The van der Waals surface area contributed by atoms with Gasteiger partial charge in [-0.25, -0.2) is 4.98 Å². The normalized spacial score (nSPS) is 13.9. The molecule has 3 aromatic carbocycles. The van der Waals surface area contributed by atoms with Crippen molar-refractivity contribution in [2.75, 3.05) is 38.2 Å². The van der Waals surface area contributed by atoms with Crippen LogP contribution in [0.2, 0.25) is 5.02 Å². The van der Waals surface area contributed by atoms with Crippen LogP contribution in [0.4, 0.5) is 11.6 Å². The zero-order valence-electron chi connectivity index (χ0n) is 23.9. The fraction of sp³-hybridized carbons (Fsp3) is 0.265. The molecule has 0 bridgehead atoms. The summed E-state index contributed by atoms with van der Waals surface area (Å²) in [6, 6.07) is 24.2. The second-order valence-electron chi connectivity index (χ2n) is 10.6. The fourth-order valence-corrected chi connectivity index (χ4v) is 5.78. The lowest BCUT2D eigenvalue weighted by Gasteiger charge is -2.26. The van der Waals surface area contributed by atoms with Gasteiger partial charge in [-0.3, -0.25) is 14.3 Å². The van der Waals surface area contributed by atoms with Gasteiger partial charge in [0.25, 0.3) is 5.56 Å². The minimum absolute atomic E-state index is 0.134. The van der Waals surface area contributed by atoms with Crippen molar-refractivity contribution in [1.29, 1.82) is 0 Å². The maximum Gasteiger partial charge on any atom is 0.260 e. The zero-order valence-corrected chi connectivity index (χ0v) is 24.7. The van der Waals surface area contributed by atoms with E-state index in [1.54, 1.807) is 10.8 Å². The summed E-state index contributed by atoms with van der Waals surface area (Å²) in [5.41, 5.74) is 7.15. The first-order valence-electron chi connectivity index (χ1n) is 14.4. The van der Waals surface area contributed by atoms with Crippen LogP contribution >= 0.6 is 11.6 Å². The van der Waals surface area contributed by atoms with Crippen molar-refractivity contribution < 1.29 is 4.74 Å². The molecule has 2 aromatic heterocycles. The molecule has 1 N–H and O–H groups in total. The SMILES string of the molecule is CCn1c(=O)c(-c2ccc(-c3ccccc3C)cc2Cl)cc2cnc(Nc3ccc(CCN4CCOCC4)cc3)nc21. The highest BCUT2D eigenvalue weighted by Crippen LogP contribution is 2.33. The van der Waals surface area contributed by atoms with Crippen LogP contribution in [0.25, 0.3) is 33.3 Å². The molecule has 0 atom stereocenters. The third-order valence-electron chi connectivity index (χ3n) is 7.89. The summed E-state index contributed by atoms with van der Waals surface area (Å²) in [7, 11) is 0. The first kappa shape index (κ1) is 28.1. The lowest BCUT2D eigenvalue weighted by molar-refractivity contribution is 0.0384. The van der Waals surface area contributed by atoms with Crippen LogP contribution in [0.15, 0.2) is 83.8 Å². The van der Waals surface area contributed by atoms with E-state index in [0.29, 0.717) is 34.3 Å². The maximum atomic E-state index is 13.7. The predicted octanol–water partition coefficient (Wildman–Crippen LogP) is 6.73. The Kier molecular flexibility index (Phi) is 8.33. The van der Waals surface area contributed by atoms with E-state index in [2.05, 4.69) is 46.4 Å². The lowest BCUT2D eigenvalue weighted by atomic mass is 9.97. The molecule has 214 valence electrons. The van der Waals surface area contributed by atoms with Gasteiger partial charge in [0.15, 0.2) is 0 Å². The Morgan fingerprint density at radius 3 is 2.48 bits per heavy atom. The highest BCUT2D eigenvalue weighted by molar-refractivity contribution is 6.33. The number of hydrogen-bond donors (Lipinski definition) is 1. The molecule has 1 saturated heterocycles. The Morgan fingerprint density at radius 2 is 1.74 bits per heavy atom. The Balaban J connectivity index is 1.24. The van der Waals surface area contributed by atoms with Crippen molar-refractivity contribution in [3.05, 3.63) is 105 Å². The molecule has 0 aliphatic carbocycles. The van der Waals surface area contributed by atoms with E-state index in [0.717, 1.165) is 61.5 Å². The van der Waals surface area contributed by atoms with E-state index in [4.69, 9.17) is 21.3 Å². The average Bonchev–Trinajstić information content (AvgIpc) is 3.01. The van der Waals surface area contributed by atoms with Gasteiger partial charge >= 0.3 is 0 Å². The topological polar surface area (TPSA) is 72.3 Å². The number of nitrogens with one attached hydrogen (secondary N) is 1. The summed E-state index contributed by atoms with van der Waals surface area (Å²) in [6.07, 6.45) is 2.75. The molecule has 0 unspecified atom stereocenters.